The van der Waals surface area contributed by atoms with Crippen LogP contribution in [0.1, 0.15) is 30.3 Å². The van der Waals surface area contributed by atoms with Crippen molar-refractivity contribution in [1.29, 1.82) is 0 Å². The number of benzene rings is 2. The highest BCUT2D eigenvalue weighted by atomic mass is 15.0. The number of fused-ring (bicyclic) bond motifs is 1. The van der Waals surface area contributed by atoms with Gasteiger partial charge in [-0.15, -0.1) is 0 Å². The summed E-state index contributed by atoms with van der Waals surface area (Å²) in [5.74, 6) is 1.66. The summed E-state index contributed by atoms with van der Waals surface area (Å²) in [4.78, 5) is 9.20. The van der Waals surface area contributed by atoms with Crippen molar-refractivity contribution >= 4 is 22.4 Å². The maximum Gasteiger partial charge on any atom is 0.142 e. The van der Waals surface area contributed by atoms with E-state index in [0.29, 0.717) is 0 Å². The van der Waals surface area contributed by atoms with E-state index < -0.39 is 0 Å². The molecule has 0 unspecified atom stereocenters. The van der Waals surface area contributed by atoms with E-state index in [0.717, 1.165) is 41.1 Å². The highest BCUT2D eigenvalue weighted by molar-refractivity contribution is 5.92. The third-order valence-corrected chi connectivity index (χ3v) is 3.82. The first kappa shape index (κ1) is 14.5. The molecule has 1 N–H and O–H groups in total. The van der Waals surface area contributed by atoms with Gasteiger partial charge >= 0.3 is 0 Å². The second-order valence-corrected chi connectivity index (χ2v) is 5.66. The molecule has 0 amide bonds. The van der Waals surface area contributed by atoms with Crippen LogP contribution in [0.25, 0.3) is 10.9 Å². The molecule has 3 aromatic rings. The van der Waals surface area contributed by atoms with Crippen LogP contribution in [-0.4, -0.2) is 9.97 Å². The van der Waals surface area contributed by atoms with Crippen molar-refractivity contribution in [2.45, 2.75) is 33.6 Å². The lowest BCUT2D eigenvalue weighted by atomic mass is 10.0. The third-order valence-electron chi connectivity index (χ3n) is 3.82. The molecule has 22 heavy (non-hydrogen) atoms. The Morgan fingerprint density at radius 1 is 1.00 bits per heavy atom. The highest BCUT2D eigenvalue weighted by Crippen LogP contribution is 2.27. The molecule has 2 aromatic carbocycles. The quantitative estimate of drug-likeness (QED) is 0.739. The van der Waals surface area contributed by atoms with E-state index in [9.17, 15) is 0 Å². The molecule has 0 saturated heterocycles. The average molecular weight is 291 g/mol. The van der Waals surface area contributed by atoms with E-state index in [1.54, 1.807) is 0 Å². The van der Waals surface area contributed by atoms with Gasteiger partial charge in [0.25, 0.3) is 0 Å². The van der Waals surface area contributed by atoms with Gasteiger partial charge in [0.2, 0.25) is 0 Å². The summed E-state index contributed by atoms with van der Waals surface area (Å²) < 4.78 is 0. The molecule has 112 valence electrons. The largest absolute Gasteiger partial charge is 0.340 e. The van der Waals surface area contributed by atoms with E-state index >= 15 is 0 Å². The van der Waals surface area contributed by atoms with Crippen LogP contribution in [0.3, 0.4) is 0 Å². The number of nitrogens with one attached hydrogen (secondary N) is 1. The summed E-state index contributed by atoms with van der Waals surface area (Å²) >= 11 is 0. The minimum atomic E-state index is 0.789. The molecule has 0 radical (unpaired) electrons. The van der Waals surface area contributed by atoms with Crippen LogP contribution in [0.4, 0.5) is 11.5 Å². The third kappa shape index (κ3) is 2.93. The fourth-order valence-corrected chi connectivity index (χ4v) is 2.74. The first-order chi connectivity index (χ1) is 10.7. The molecule has 0 aliphatic rings. The molecule has 1 heterocycles. The number of anilines is 2. The van der Waals surface area contributed by atoms with Gasteiger partial charge < -0.3 is 5.32 Å². The minimum Gasteiger partial charge on any atom is -0.340 e. The van der Waals surface area contributed by atoms with Gasteiger partial charge in [0.1, 0.15) is 11.6 Å². The summed E-state index contributed by atoms with van der Waals surface area (Å²) in [7, 11) is 0. The maximum atomic E-state index is 4.61. The molecular weight excluding hydrogens is 270 g/mol. The van der Waals surface area contributed by atoms with E-state index in [1.165, 1.54) is 11.1 Å². The molecule has 3 nitrogen and oxygen atoms in total. The fraction of sp³-hybridized carbons (Fsp3) is 0.263. The second kappa shape index (κ2) is 6.14. The second-order valence-electron chi connectivity index (χ2n) is 5.66. The number of nitrogens with zero attached hydrogens (tertiary/aromatic N) is 2. The normalized spacial score (nSPS) is 10.9. The molecule has 1 aromatic heterocycles. The summed E-state index contributed by atoms with van der Waals surface area (Å²) in [5, 5.41) is 4.49. The van der Waals surface area contributed by atoms with Gasteiger partial charge in [-0.3, -0.25) is 0 Å². The Balaban J connectivity index is 2.11. The number of hydrogen-bond donors (Lipinski definition) is 1. The molecule has 0 saturated carbocycles. The van der Waals surface area contributed by atoms with Crippen molar-refractivity contribution < 1.29 is 0 Å². The van der Waals surface area contributed by atoms with Gasteiger partial charge in [-0.25, -0.2) is 9.97 Å². The van der Waals surface area contributed by atoms with Crippen molar-refractivity contribution in [3.8, 4) is 0 Å². The van der Waals surface area contributed by atoms with E-state index in [4.69, 9.17) is 0 Å². The van der Waals surface area contributed by atoms with Crippen LogP contribution >= 0.6 is 0 Å². The Morgan fingerprint density at radius 2 is 1.77 bits per heavy atom. The van der Waals surface area contributed by atoms with E-state index in [-0.39, 0.29) is 0 Å². The van der Waals surface area contributed by atoms with Crippen LogP contribution in [0.2, 0.25) is 0 Å². The number of rotatable bonds is 4. The first-order valence-corrected chi connectivity index (χ1v) is 7.77. The maximum absolute atomic E-state index is 4.61. The summed E-state index contributed by atoms with van der Waals surface area (Å²) in [5.41, 5.74) is 4.73. The first-order valence-electron chi connectivity index (χ1n) is 7.77. The van der Waals surface area contributed by atoms with Gasteiger partial charge in [-0.1, -0.05) is 31.5 Å². The van der Waals surface area contributed by atoms with Crippen LogP contribution < -0.4 is 5.32 Å². The molecule has 0 aliphatic heterocycles. The SMILES string of the molecule is CCCc1cc2nc(C)nc(Nc3ccccc3)c2cc1C. The Morgan fingerprint density at radius 3 is 2.50 bits per heavy atom. The molecule has 0 bridgehead atoms. The van der Waals surface area contributed by atoms with Gasteiger partial charge in [0.15, 0.2) is 0 Å². The monoisotopic (exact) mass is 291 g/mol. The zero-order valence-corrected chi connectivity index (χ0v) is 13.4. The lowest BCUT2D eigenvalue weighted by Crippen LogP contribution is -2.00. The van der Waals surface area contributed by atoms with Gasteiger partial charge in [0.05, 0.1) is 5.52 Å². The summed E-state index contributed by atoms with van der Waals surface area (Å²) in [6, 6.07) is 14.5. The summed E-state index contributed by atoms with van der Waals surface area (Å²) in [6.45, 7) is 6.31. The van der Waals surface area contributed by atoms with Crippen LogP contribution in [0.15, 0.2) is 42.5 Å². The topological polar surface area (TPSA) is 37.8 Å². The standard InChI is InChI=1S/C19H21N3/c1-4-8-15-12-18-17(11-13(15)2)19(21-14(3)20-18)22-16-9-6-5-7-10-16/h5-7,9-12H,4,8H2,1-3H3,(H,20,21,22). The lowest BCUT2D eigenvalue weighted by Gasteiger charge is -2.12. The molecule has 3 rings (SSSR count). The van der Waals surface area contributed by atoms with Crippen LogP contribution in [0.5, 0.6) is 0 Å². The number of hydrogen-bond acceptors (Lipinski definition) is 3. The predicted octanol–water partition coefficient (Wildman–Crippen LogP) is 4.94. The minimum absolute atomic E-state index is 0.789. The molecular formula is C19H21N3. The van der Waals surface area contributed by atoms with Crippen molar-refractivity contribution in [2.24, 2.45) is 0 Å². The fourth-order valence-electron chi connectivity index (χ4n) is 2.74. The Kier molecular flexibility index (Phi) is 4.05. The zero-order chi connectivity index (χ0) is 15.5. The Labute approximate surface area is 131 Å². The predicted molar refractivity (Wildman–Crippen MR) is 92.7 cm³/mol. The lowest BCUT2D eigenvalue weighted by molar-refractivity contribution is 0.913. The van der Waals surface area contributed by atoms with Crippen molar-refractivity contribution in [3.05, 3.63) is 59.4 Å². The van der Waals surface area contributed by atoms with Crippen LogP contribution in [0, 0.1) is 13.8 Å². The molecule has 0 atom stereocenters. The van der Waals surface area contributed by atoms with Crippen molar-refractivity contribution in [3.63, 3.8) is 0 Å². The molecule has 0 fully saturated rings. The van der Waals surface area contributed by atoms with Crippen molar-refractivity contribution in [1.82, 2.24) is 9.97 Å². The smallest absolute Gasteiger partial charge is 0.142 e. The Bertz CT molecular complexity index is 795. The molecule has 3 heteroatoms. The number of aromatic nitrogens is 2. The molecule has 0 aliphatic carbocycles. The van der Waals surface area contributed by atoms with Gasteiger partial charge in [0, 0.05) is 11.1 Å². The highest BCUT2D eigenvalue weighted by Gasteiger charge is 2.09. The average Bonchev–Trinajstić information content (AvgIpc) is 2.50. The van der Waals surface area contributed by atoms with E-state index in [2.05, 4.69) is 41.3 Å². The van der Waals surface area contributed by atoms with Crippen LogP contribution in [-0.2, 0) is 6.42 Å². The van der Waals surface area contributed by atoms with Gasteiger partial charge in [-0.2, -0.15) is 0 Å². The number of para-hydroxylation sites is 1. The van der Waals surface area contributed by atoms with Crippen molar-refractivity contribution in [2.75, 3.05) is 5.32 Å². The zero-order valence-electron chi connectivity index (χ0n) is 13.4. The number of aryl methyl sites for hydroxylation is 3. The Hall–Kier alpha value is -2.42. The van der Waals surface area contributed by atoms with Gasteiger partial charge in [-0.05, 0) is 55.7 Å². The summed E-state index contributed by atoms with van der Waals surface area (Å²) in [6.07, 6.45) is 2.23. The molecule has 0 spiro atoms. The van der Waals surface area contributed by atoms with E-state index in [1.807, 2.05) is 37.3 Å².